The average Bonchev–Trinajstić information content (AvgIpc) is 2.71. The molecule has 1 aromatic rings. The second-order valence-electron chi connectivity index (χ2n) is 4.40. The normalized spacial score (nSPS) is 24.8. The fourth-order valence-corrected chi connectivity index (χ4v) is 2.30. The van der Waals surface area contributed by atoms with Crippen LogP contribution in [0.25, 0.3) is 0 Å². The van der Waals surface area contributed by atoms with Crippen molar-refractivity contribution in [1.29, 1.82) is 0 Å². The minimum atomic E-state index is 0.523. The van der Waals surface area contributed by atoms with Gasteiger partial charge in [-0.25, -0.2) is 4.98 Å². The van der Waals surface area contributed by atoms with E-state index in [9.17, 15) is 0 Å². The molecule has 88 valence electrons. The Balaban J connectivity index is 2.11. The van der Waals surface area contributed by atoms with Crippen molar-refractivity contribution >= 4 is 5.82 Å². The fourth-order valence-electron chi connectivity index (χ4n) is 2.30. The zero-order chi connectivity index (χ0) is 11.5. The van der Waals surface area contributed by atoms with Crippen LogP contribution in [0.1, 0.15) is 13.3 Å². The summed E-state index contributed by atoms with van der Waals surface area (Å²) in [5.74, 6) is 2.41. The van der Waals surface area contributed by atoms with Crippen LogP contribution in [0.3, 0.4) is 0 Å². The Labute approximate surface area is 96.4 Å². The molecule has 0 bridgehead atoms. The zero-order valence-corrected chi connectivity index (χ0v) is 9.89. The highest BCUT2D eigenvalue weighted by Gasteiger charge is 2.28. The summed E-state index contributed by atoms with van der Waals surface area (Å²) in [7, 11) is 1.65. The van der Waals surface area contributed by atoms with Gasteiger partial charge >= 0.3 is 0 Å². The number of nitrogens with two attached hydrogens (primary N) is 1. The maximum absolute atomic E-state index is 5.71. The summed E-state index contributed by atoms with van der Waals surface area (Å²) >= 11 is 0. The number of anilines is 1. The summed E-state index contributed by atoms with van der Waals surface area (Å²) in [4.78, 5) is 6.73. The van der Waals surface area contributed by atoms with E-state index in [-0.39, 0.29) is 0 Å². The van der Waals surface area contributed by atoms with Gasteiger partial charge in [-0.05, 0) is 37.9 Å². The Hall–Kier alpha value is -1.29. The van der Waals surface area contributed by atoms with E-state index >= 15 is 0 Å². The number of nitrogens with zero attached hydrogens (tertiary/aromatic N) is 2. The van der Waals surface area contributed by atoms with Crippen LogP contribution in [0.15, 0.2) is 18.3 Å². The number of aromatic nitrogens is 1. The van der Waals surface area contributed by atoms with Gasteiger partial charge in [-0.15, -0.1) is 0 Å². The topological polar surface area (TPSA) is 51.4 Å². The molecule has 1 saturated heterocycles. The largest absolute Gasteiger partial charge is 0.495 e. The van der Waals surface area contributed by atoms with Crippen molar-refractivity contribution in [3.05, 3.63) is 18.3 Å². The Morgan fingerprint density at radius 1 is 1.56 bits per heavy atom. The lowest BCUT2D eigenvalue weighted by molar-refractivity contribution is 0.413. The molecule has 4 nitrogen and oxygen atoms in total. The minimum absolute atomic E-state index is 0.523. The molecular formula is C12H19N3O. The summed E-state index contributed by atoms with van der Waals surface area (Å²) in [5, 5.41) is 0. The van der Waals surface area contributed by atoms with Gasteiger partial charge in [-0.2, -0.15) is 0 Å². The van der Waals surface area contributed by atoms with Crippen molar-refractivity contribution in [1.82, 2.24) is 4.98 Å². The van der Waals surface area contributed by atoms with E-state index in [1.807, 2.05) is 12.1 Å². The Morgan fingerprint density at radius 2 is 2.38 bits per heavy atom. The van der Waals surface area contributed by atoms with Crippen LogP contribution in [0.4, 0.5) is 5.82 Å². The van der Waals surface area contributed by atoms with Gasteiger partial charge in [-0.1, -0.05) is 0 Å². The molecule has 0 saturated carbocycles. The SMILES string of the molecule is COc1ccc(N2CC(CN)CC2C)nc1. The monoisotopic (exact) mass is 221 g/mol. The number of pyridine rings is 1. The number of hydrogen-bond acceptors (Lipinski definition) is 4. The first-order chi connectivity index (χ1) is 7.74. The quantitative estimate of drug-likeness (QED) is 0.835. The summed E-state index contributed by atoms with van der Waals surface area (Å²) < 4.78 is 5.10. The third-order valence-electron chi connectivity index (χ3n) is 3.25. The zero-order valence-electron chi connectivity index (χ0n) is 9.89. The van der Waals surface area contributed by atoms with Gasteiger partial charge in [0.25, 0.3) is 0 Å². The number of hydrogen-bond donors (Lipinski definition) is 1. The van der Waals surface area contributed by atoms with Crippen LogP contribution >= 0.6 is 0 Å². The van der Waals surface area contributed by atoms with Gasteiger partial charge in [0.15, 0.2) is 0 Å². The molecule has 4 heteroatoms. The Kier molecular flexibility index (Phi) is 3.29. The standard InChI is InChI=1S/C12H19N3O/c1-9-5-10(6-13)8-15(9)12-4-3-11(16-2)7-14-12/h3-4,7,9-10H,5-6,8,13H2,1-2H3. The third-order valence-corrected chi connectivity index (χ3v) is 3.25. The van der Waals surface area contributed by atoms with E-state index < -0.39 is 0 Å². The predicted molar refractivity (Wildman–Crippen MR) is 64.8 cm³/mol. The molecule has 1 aromatic heterocycles. The van der Waals surface area contributed by atoms with Crippen molar-refractivity contribution in [3.63, 3.8) is 0 Å². The first-order valence-electron chi connectivity index (χ1n) is 5.71. The van der Waals surface area contributed by atoms with Crippen LogP contribution in [0.2, 0.25) is 0 Å². The Bertz CT molecular complexity index is 339. The van der Waals surface area contributed by atoms with E-state index in [4.69, 9.17) is 10.5 Å². The molecule has 1 aliphatic heterocycles. The summed E-state index contributed by atoms with van der Waals surface area (Å²) in [6, 6.07) is 4.48. The molecule has 2 atom stereocenters. The molecule has 2 heterocycles. The maximum Gasteiger partial charge on any atom is 0.137 e. The third kappa shape index (κ3) is 2.11. The second-order valence-corrected chi connectivity index (χ2v) is 4.40. The Morgan fingerprint density at radius 3 is 2.88 bits per heavy atom. The maximum atomic E-state index is 5.71. The van der Waals surface area contributed by atoms with Crippen molar-refractivity contribution in [2.45, 2.75) is 19.4 Å². The van der Waals surface area contributed by atoms with Gasteiger partial charge in [0.1, 0.15) is 11.6 Å². The molecule has 2 N–H and O–H groups in total. The van der Waals surface area contributed by atoms with Crippen molar-refractivity contribution < 1.29 is 4.74 Å². The van der Waals surface area contributed by atoms with Crippen molar-refractivity contribution in [2.75, 3.05) is 25.1 Å². The molecule has 0 aromatic carbocycles. The lowest BCUT2D eigenvalue weighted by Crippen LogP contribution is -2.28. The molecular weight excluding hydrogens is 202 g/mol. The highest BCUT2D eigenvalue weighted by Crippen LogP contribution is 2.27. The smallest absolute Gasteiger partial charge is 0.137 e. The van der Waals surface area contributed by atoms with Crippen LogP contribution in [-0.2, 0) is 0 Å². The molecule has 2 unspecified atom stereocenters. The van der Waals surface area contributed by atoms with Gasteiger partial charge in [0, 0.05) is 12.6 Å². The molecule has 0 amide bonds. The minimum Gasteiger partial charge on any atom is -0.495 e. The highest BCUT2D eigenvalue weighted by molar-refractivity contribution is 5.43. The fraction of sp³-hybridized carbons (Fsp3) is 0.583. The number of methoxy groups -OCH3 is 1. The molecule has 2 rings (SSSR count). The molecule has 0 spiro atoms. The summed E-state index contributed by atoms with van der Waals surface area (Å²) in [6.45, 7) is 4.00. The van der Waals surface area contributed by atoms with Crippen LogP contribution in [0.5, 0.6) is 5.75 Å². The molecule has 1 aliphatic rings. The van der Waals surface area contributed by atoms with Crippen LogP contribution < -0.4 is 15.4 Å². The second kappa shape index (κ2) is 4.70. The summed E-state index contributed by atoms with van der Waals surface area (Å²) in [5.41, 5.74) is 5.71. The molecule has 16 heavy (non-hydrogen) atoms. The molecule has 0 radical (unpaired) electrons. The van der Waals surface area contributed by atoms with Gasteiger partial charge in [0.2, 0.25) is 0 Å². The van der Waals surface area contributed by atoms with E-state index in [1.54, 1.807) is 13.3 Å². The van der Waals surface area contributed by atoms with E-state index in [2.05, 4.69) is 16.8 Å². The highest BCUT2D eigenvalue weighted by atomic mass is 16.5. The summed E-state index contributed by atoms with van der Waals surface area (Å²) in [6.07, 6.45) is 2.92. The van der Waals surface area contributed by atoms with Crippen LogP contribution in [0, 0.1) is 5.92 Å². The van der Waals surface area contributed by atoms with Crippen molar-refractivity contribution in [2.24, 2.45) is 11.7 Å². The average molecular weight is 221 g/mol. The van der Waals surface area contributed by atoms with Gasteiger partial charge in [0.05, 0.1) is 13.3 Å². The first-order valence-corrected chi connectivity index (χ1v) is 5.71. The molecule has 0 aliphatic carbocycles. The number of ether oxygens (including phenoxy) is 1. The van der Waals surface area contributed by atoms with E-state index in [0.29, 0.717) is 12.0 Å². The van der Waals surface area contributed by atoms with Gasteiger partial charge < -0.3 is 15.4 Å². The van der Waals surface area contributed by atoms with E-state index in [1.165, 1.54) is 0 Å². The first kappa shape index (κ1) is 11.2. The lowest BCUT2D eigenvalue weighted by Gasteiger charge is -2.22. The van der Waals surface area contributed by atoms with E-state index in [0.717, 1.165) is 31.1 Å². The van der Waals surface area contributed by atoms with Crippen LogP contribution in [-0.4, -0.2) is 31.2 Å². The van der Waals surface area contributed by atoms with Crippen molar-refractivity contribution in [3.8, 4) is 5.75 Å². The predicted octanol–water partition coefficient (Wildman–Crippen LogP) is 1.26. The van der Waals surface area contributed by atoms with Gasteiger partial charge in [-0.3, -0.25) is 0 Å². The number of rotatable bonds is 3. The molecule has 1 fully saturated rings. The lowest BCUT2D eigenvalue weighted by atomic mass is 10.1.